The number of amides is 1. The van der Waals surface area contributed by atoms with E-state index in [1.54, 1.807) is 53.7 Å². The van der Waals surface area contributed by atoms with E-state index in [-0.39, 0.29) is 64.7 Å². The molecule has 0 bridgehead atoms. The van der Waals surface area contributed by atoms with Crippen molar-refractivity contribution in [3.05, 3.63) is 75.5 Å². The summed E-state index contributed by atoms with van der Waals surface area (Å²) in [4.78, 5) is 40.9. The molecular weight excluding hydrogens is 670 g/mol. The van der Waals surface area contributed by atoms with E-state index in [0.717, 1.165) is 11.6 Å². The normalized spacial score (nSPS) is 16.7. The van der Waals surface area contributed by atoms with Gasteiger partial charge in [-0.3, -0.25) is 14.1 Å². The lowest BCUT2D eigenvalue weighted by Crippen LogP contribution is -2.51. The lowest BCUT2D eigenvalue weighted by molar-refractivity contribution is 0.0124. The highest BCUT2D eigenvalue weighted by Crippen LogP contribution is 2.26. The fourth-order valence-corrected chi connectivity index (χ4v) is 6.85. The number of aromatic nitrogens is 4. The Kier molecular flexibility index (Phi) is 10.1. The quantitative estimate of drug-likeness (QED) is 0.240. The highest BCUT2D eigenvalue weighted by Gasteiger charge is 2.33. The first kappa shape index (κ1) is 36.1. The standard InChI is InChI=1S/C34H38F2N8O5S/c1-19(2)44-30-28(15-38-32(41-30)39-25-13-24(35)16-43(17-25)33(46)49-34(4,5)6)40-29(31(44)45)21-9-10-27(26(36)12-21)42-50(47,48)18-22-8-7-20(3)11-23(22)14-37/h7-12,15,19,24-25,42H,13,16-18H2,1-6H3,(H,38,39,41)/t24-,25-/m0/s1. The number of rotatable bonds is 8. The summed E-state index contributed by atoms with van der Waals surface area (Å²) in [6, 6.07) is 9.38. The number of alkyl halides is 1. The summed E-state index contributed by atoms with van der Waals surface area (Å²) in [7, 11) is -4.11. The van der Waals surface area contributed by atoms with Gasteiger partial charge in [0, 0.05) is 30.6 Å². The Morgan fingerprint density at radius 3 is 2.56 bits per heavy atom. The molecular formula is C34H38F2N8O5S. The minimum atomic E-state index is -4.11. The van der Waals surface area contributed by atoms with E-state index in [1.807, 2.05) is 6.07 Å². The number of sulfonamides is 1. The molecule has 5 rings (SSSR count). The number of benzene rings is 2. The van der Waals surface area contributed by atoms with Crippen LogP contribution in [0.15, 0.2) is 47.4 Å². The molecule has 1 aliphatic rings. The first-order valence-corrected chi connectivity index (χ1v) is 17.6. The lowest BCUT2D eigenvalue weighted by Gasteiger charge is -2.36. The maximum absolute atomic E-state index is 15.4. The predicted octanol–water partition coefficient (Wildman–Crippen LogP) is 5.45. The molecule has 1 fully saturated rings. The molecule has 2 atom stereocenters. The fraction of sp³-hybridized carbons (Fsp3) is 0.412. The zero-order valence-electron chi connectivity index (χ0n) is 28.5. The third-order valence-electron chi connectivity index (χ3n) is 7.77. The van der Waals surface area contributed by atoms with E-state index in [0.29, 0.717) is 0 Å². The Hall–Kier alpha value is -5.17. The molecule has 0 aliphatic carbocycles. The van der Waals surface area contributed by atoms with Gasteiger partial charge in [-0.1, -0.05) is 18.2 Å². The average Bonchev–Trinajstić information content (AvgIpc) is 3.01. The van der Waals surface area contributed by atoms with Crippen LogP contribution in [0.3, 0.4) is 0 Å². The second-order valence-electron chi connectivity index (χ2n) is 13.5. The van der Waals surface area contributed by atoms with Crippen molar-refractivity contribution in [1.29, 1.82) is 5.26 Å². The number of nitriles is 1. The molecule has 3 heterocycles. The Morgan fingerprint density at radius 1 is 1.16 bits per heavy atom. The molecule has 13 nitrogen and oxygen atoms in total. The van der Waals surface area contributed by atoms with Gasteiger partial charge >= 0.3 is 6.09 Å². The van der Waals surface area contributed by atoms with Crippen molar-refractivity contribution in [2.45, 2.75) is 77.6 Å². The first-order chi connectivity index (χ1) is 23.4. The number of hydrogen-bond donors (Lipinski definition) is 2. The second kappa shape index (κ2) is 14.0. The number of fused-ring (bicyclic) bond motifs is 1. The van der Waals surface area contributed by atoms with Gasteiger partial charge in [0.2, 0.25) is 16.0 Å². The Morgan fingerprint density at radius 2 is 1.90 bits per heavy atom. The van der Waals surface area contributed by atoms with Crippen LogP contribution in [-0.2, 0) is 20.5 Å². The number of carbonyl (C=O) groups is 1. The molecule has 0 spiro atoms. The number of nitrogens with one attached hydrogen (secondary N) is 2. The first-order valence-electron chi connectivity index (χ1n) is 15.9. The van der Waals surface area contributed by atoms with Gasteiger partial charge in [0.15, 0.2) is 5.65 Å². The number of hydrogen-bond acceptors (Lipinski definition) is 10. The Balaban J connectivity index is 1.40. The van der Waals surface area contributed by atoms with E-state index in [9.17, 15) is 27.7 Å². The third kappa shape index (κ3) is 8.33. The molecule has 264 valence electrons. The lowest BCUT2D eigenvalue weighted by atomic mass is 10.0. The maximum Gasteiger partial charge on any atom is 0.410 e. The van der Waals surface area contributed by atoms with E-state index in [2.05, 4.69) is 25.0 Å². The summed E-state index contributed by atoms with van der Waals surface area (Å²) in [5.41, 5.74) is -0.00542. The molecule has 0 unspecified atom stereocenters. The van der Waals surface area contributed by atoms with Gasteiger partial charge in [-0.2, -0.15) is 10.2 Å². The highest BCUT2D eigenvalue weighted by atomic mass is 32.2. The van der Waals surface area contributed by atoms with Crippen LogP contribution >= 0.6 is 0 Å². The van der Waals surface area contributed by atoms with E-state index in [4.69, 9.17) is 4.74 Å². The van der Waals surface area contributed by atoms with Crippen molar-refractivity contribution < 1.29 is 26.7 Å². The fourth-order valence-electron chi connectivity index (χ4n) is 5.61. The zero-order chi connectivity index (χ0) is 36.5. The summed E-state index contributed by atoms with van der Waals surface area (Å²) in [6.45, 7) is 10.5. The number of carbonyl (C=O) groups excluding carboxylic acids is 1. The smallest absolute Gasteiger partial charge is 0.410 e. The molecule has 1 amide bonds. The summed E-state index contributed by atoms with van der Waals surface area (Å²) in [5.74, 6) is -1.39. The molecule has 4 aromatic rings. The average molecular weight is 709 g/mol. The van der Waals surface area contributed by atoms with Crippen LogP contribution < -0.4 is 15.6 Å². The Labute approximate surface area is 288 Å². The maximum atomic E-state index is 15.4. The third-order valence-corrected chi connectivity index (χ3v) is 8.99. The number of nitrogens with zero attached hydrogens (tertiary/aromatic N) is 6. The van der Waals surface area contributed by atoms with Crippen LogP contribution in [0.2, 0.25) is 0 Å². The largest absolute Gasteiger partial charge is 0.444 e. The van der Waals surface area contributed by atoms with Gasteiger partial charge in [-0.25, -0.2) is 32.0 Å². The van der Waals surface area contributed by atoms with Crippen LogP contribution in [0.5, 0.6) is 0 Å². The van der Waals surface area contributed by atoms with Gasteiger partial charge < -0.3 is 15.0 Å². The zero-order valence-corrected chi connectivity index (χ0v) is 29.3. The van der Waals surface area contributed by atoms with Crippen molar-refractivity contribution in [2.24, 2.45) is 0 Å². The Bertz CT molecular complexity index is 2160. The van der Waals surface area contributed by atoms with Gasteiger partial charge in [-0.15, -0.1) is 0 Å². The topological polar surface area (TPSA) is 172 Å². The van der Waals surface area contributed by atoms with E-state index < -0.39 is 57.1 Å². The van der Waals surface area contributed by atoms with Gasteiger partial charge in [0.1, 0.15) is 28.8 Å². The van der Waals surface area contributed by atoms with Crippen LogP contribution in [-0.4, -0.2) is 69.8 Å². The summed E-state index contributed by atoms with van der Waals surface area (Å²) >= 11 is 0. The van der Waals surface area contributed by atoms with Crippen molar-refractivity contribution in [2.75, 3.05) is 23.1 Å². The molecule has 50 heavy (non-hydrogen) atoms. The number of aryl methyl sites for hydroxylation is 1. The number of likely N-dealkylation sites (tertiary alicyclic amines) is 1. The molecule has 2 N–H and O–H groups in total. The summed E-state index contributed by atoms with van der Waals surface area (Å²) in [5, 5.41) is 12.5. The SMILES string of the molecule is Cc1ccc(CS(=O)(=O)Nc2ccc(-c3nc4cnc(N[C@H]5C[C@H](F)CN(C(=O)OC(C)(C)C)C5)nc4n(C(C)C)c3=O)cc2F)c(C#N)c1. The van der Waals surface area contributed by atoms with E-state index in [1.165, 1.54) is 33.9 Å². The second-order valence-corrected chi connectivity index (χ2v) is 15.2. The summed E-state index contributed by atoms with van der Waals surface area (Å²) in [6.07, 6.45) is -0.457. The minimum Gasteiger partial charge on any atom is -0.444 e. The number of piperidine rings is 1. The van der Waals surface area contributed by atoms with Crippen LogP contribution in [0.1, 0.15) is 63.8 Å². The molecule has 0 radical (unpaired) electrons. The number of halogens is 2. The van der Waals surface area contributed by atoms with Crippen LogP contribution in [0, 0.1) is 24.1 Å². The predicted molar refractivity (Wildman–Crippen MR) is 184 cm³/mol. The minimum absolute atomic E-state index is 0.0951. The van der Waals surface area contributed by atoms with Crippen molar-refractivity contribution in [3.8, 4) is 17.3 Å². The molecule has 2 aromatic heterocycles. The van der Waals surface area contributed by atoms with E-state index >= 15 is 4.39 Å². The number of ether oxygens (including phenoxy) is 1. The molecule has 1 saturated heterocycles. The van der Waals surface area contributed by atoms with Gasteiger partial charge in [0.05, 0.1) is 35.8 Å². The van der Waals surface area contributed by atoms with Crippen molar-refractivity contribution >= 4 is 38.9 Å². The summed E-state index contributed by atoms with van der Waals surface area (Å²) < 4.78 is 64.8. The van der Waals surface area contributed by atoms with Crippen LogP contribution in [0.25, 0.3) is 22.4 Å². The highest BCUT2D eigenvalue weighted by molar-refractivity contribution is 7.91. The molecule has 0 saturated carbocycles. The number of anilines is 2. The molecule has 16 heteroatoms. The van der Waals surface area contributed by atoms with Gasteiger partial charge in [-0.05, 0) is 70.9 Å². The van der Waals surface area contributed by atoms with Crippen molar-refractivity contribution in [3.63, 3.8) is 0 Å². The van der Waals surface area contributed by atoms with Gasteiger partial charge in [0.25, 0.3) is 5.56 Å². The monoisotopic (exact) mass is 708 g/mol. The van der Waals surface area contributed by atoms with Crippen LogP contribution in [0.4, 0.5) is 25.2 Å². The molecule has 1 aliphatic heterocycles. The van der Waals surface area contributed by atoms with Crippen molar-refractivity contribution in [1.82, 2.24) is 24.4 Å². The molecule has 2 aromatic carbocycles.